The summed E-state index contributed by atoms with van der Waals surface area (Å²) in [5, 5.41) is 7.93. The Bertz CT molecular complexity index is 1120. The molecule has 2 heterocycles. The molecule has 4 rings (SSSR count). The quantitative estimate of drug-likeness (QED) is 0.525. The van der Waals surface area contributed by atoms with Crippen molar-refractivity contribution < 1.29 is 4.79 Å². The molecule has 0 saturated carbocycles. The molecule has 2 aromatic carbocycles. The molecule has 0 aliphatic rings. The second-order valence-electron chi connectivity index (χ2n) is 7.15. The van der Waals surface area contributed by atoms with E-state index in [9.17, 15) is 4.79 Å². The normalized spacial score (nSPS) is 10.6. The zero-order valence-electron chi connectivity index (χ0n) is 17.0. The van der Waals surface area contributed by atoms with Crippen LogP contribution in [-0.2, 0) is 6.54 Å². The van der Waals surface area contributed by atoms with Crippen LogP contribution in [0.5, 0.6) is 0 Å². The lowest BCUT2D eigenvalue weighted by Crippen LogP contribution is -2.17. The Morgan fingerprint density at radius 2 is 1.77 bits per heavy atom. The van der Waals surface area contributed by atoms with Crippen LogP contribution in [0.4, 0.5) is 11.5 Å². The topological polar surface area (TPSA) is 63.1 Å². The first-order valence-electron chi connectivity index (χ1n) is 9.72. The fourth-order valence-electron chi connectivity index (χ4n) is 3.13. The largest absolute Gasteiger partial charge is 0.378 e. The van der Waals surface area contributed by atoms with Crippen LogP contribution in [-0.4, -0.2) is 34.8 Å². The number of nitrogens with one attached hydrogen (secondary N) is 1. The van der Waals surface area contributed by atoms with Gasteiger partial charge in [-0.05, 0) is 42.0 Å². The molecule has 6 nitrogen and oxygen atoms in total. The minimum atomic E-state index is -0.189. The molecule has 150 valence electrons. The van der Waals surface area contributed by atoms with Gasteiger partial charge in [0, 0.05) is 55.9 Å². The highest BCUT2D eigenvalue weighted by Crippen LogP contribution is 2.23. The smallest absolute Gasteiger partial charge is 0.280 e. The number of carbonyl (C=O) groups is 1. The summed E-state index contributed by atoms with van der Waals surface area (Å²) >= 11 is 0. The van der Waals surface area contributed by atoms with Crippen LogP contribution < -0.4 is 10.2 Å². The molecule has 0 fully saturated rings. The van der Waals surface area contributed by atoms with Crippen LogP contribution in [0.15, 0.2) is 85.2 Å². The van der Waals surface area contributed by atoms with Gasteiger partial charge in [0.25, 0.3) is 5.91 Å². The number of hydrogen-bond donors (Lipinski definition) is 1. The van der Waals surface area contributed by atoms with Crippen molar-refractivity contribution in [2.45, 2.75) is 6.54 Å². The van der Waals surface area contributed by atoms with Crippen molar-refractivity contribution in [3.63, 3.8) is 0 Å². The molecular formula is C24H23N5O. The summed E-state index contributed by atoms with van der Waals surface area (Å²) in [6.07, 6.45) is 3.45. The fourth-order valence-corrected chi connectivity index (χ4v) is 3.13. The Balaban J connectivity index is 1.67. The molecule has 0 saturated heterocycles. The van der Waals surface area contributed by atoms with E-state index < -0.39 is 0 Å². The molecule has 2 aromatic heterocycles. The highest BCUT2D eigenvalue weighted by atomic mass is 16.2. The Morgan fingerprint density at radius 1 is 1.00 bits per heavy atom. The summed E-state index contributed by atoms with van der Waals surface area (Å²) in [6.45, 7) is 0.589. The first-order valence-corrected chi connectivity index (χ1v) is 9.72. The molecule has 0 bridgehead atoms. The van der Waals surface area contributed by atoms with Crippen molar-refractivity contribution in [3.05, 3.63) is 96.3 Å². The van der Waals surface area contributed by atoms with Crippen molar-refractivity contribution in [2.24, 2.45) is 0 Å². The summed E-state index contributed by atoms with van der Waals surface area (Å²) in [6, 6.07) is 23.2. The van der Waals surface area contributed by atoms with Crippen molar-refractivity contribution in [3.8, 4) is 11.3 Å². The Morgan fingerprint density at radius 3 is 2.43 bits per heavy atom. The number of nitrogens with zero attached hydrogens (tertiary/aromatic N) is 4. The van der Waals surface area contributed by atoms with Crippen LogP contribution in [0.2, 0.25) is 0 Å². The van der Waals surface area contributed by atoms with Gasteiger partial charge in [0.2, 0.25) is 0 Å². The molecule has 0 spiro atoms. The zero-order valence-corrected chi connectivity index (χ0v) is 17.0. The monoisotopic (exact) mass is 397 g/mol. The highest BCUT2D eigenvalue weighted by molar-refractivity contribution is 5.98. The predicted molar refractivity (Wildman–Crippen MR) is 120 cm³/mol. The van der Waals surface area contributed by atoms with E-state index in [-0.39, 0.29) is 5.91 Å². The third kappa shape index (κ3) is 4.22. The second kappa shape index (κ2) is 8.61. The lowest BCUT2D eigenvalue weighted by Gasteiger charge is -2.13. The molecule has 0 atom stereocenters. The molecule has 0 unspecified atom stereocenters. The molecule has 30 heavy (non-hydrogen) atoms. The first kappa shape index (κ1) is 19.4. The maximum atomic E-state index is 13.2. The van der Waals surface area contributed by atoms with E-state index in [1.54, 1.807) is 12.4 Å². The first-order chi connectivity index (χ1) is 14.6. The third-order valence-electron chi connectivity index (χ3n) is 4.81. The average molecular weight is 397 g/mol. The van der Waals surface area contributed by atoms with Crippen molar-refractivity contribution in [1.82, 2.24) is 14.8 Å². The summed E-state index contributed by atoms with van der Waals surface area (Å²) < 4.78 is 1.43. The van der Waals surface area contributed by atoms with Crippen LogP contribution in [0.3, 0.4) is 0 Å². The van der Waals surface area contributed by atoms with Gasteiger partial charge in [-0.3, -0.25) is 9.78 Å². The summed E-state index contributed by atoms with van der Waals surface area (Å²) in [5.74, 6) is 0.449. The minimum Gasteiger partial charge on any atom is -0.378 e. The zero-order chi connectivity index (χ0) is 20.9. The van der Waals surface area contributed by atoms with Gasteiger partial charge < -0.3 is 10.2 Å². The maximum absolute atomic E-state index is 13.2. The van der Waals surface area contributed by atoms with Crippen LogP contribution >= 0.6 is 0 Å². The van der Waals surface area contributed by atoms with Crippen molar-refractivity contribution in [2.75, 3.05) is 24.3 Å². The fraction of sp³-hybridized carbons (Fsp3) is 0.125. The van der Waals surface area contributed by atoms with Gasteiger partial charge in [0.1, 0.15) is 5.82 Å². The Labute approximate surface area is 175 Å². The molecule has 0 aliphatic carbocycles. The summed E-state index contributed by atoms with van der Waals surface area (Å²) in [4.78, 5) is 19.4. The maximum Gasteiger partial charge on any atom is 0.280 e. The minimum absolute atomic E-state index is 0.189. The van der Waals surface area contributed by atoms with Crippen molar-refractivity contribution in [1.29, 1.82) is 0 Å². The Kier molecular flexibility index (Phi) is 5.57. The van der Waals surface area contributed by atoms with E-state index in [0.717, 1.165) is 16.8 Å². The van der Waals surface area contributed by atoms with Gasteiger partial charge in [-0.25, -0.2) is 0 Å². The number of aromatic nitrogens is 3. The highest BCUT2D eigenvalue weighted by Gasteiger charge is 2.17. The molecule has 1 N–H and O–H groups in total. The van der Waals surface area contributed by atoms with E-state index in [1.165, 1.54) is 4.68 Å². The second-order valence-corrected chi connectivity index (χ2v) is 7.15. The van der Waals surface area contributed by atoms with Gasteiger partial charge in [0.05, 0.1) is 5.69 Å². The number of pyridine rings is 1. The summed E-state index contributed by atoms with van der Waals surface area (Å²) in [7, 11) is 3.94. The van der Waals surface area contributed by atoms with Gasteiger partial charge in [-0.15, -0.1) is 0 Å². The number of rotatable bonds is 6. The molecule has 0 amide bonds. The molecular weight excluding hydrogens is 374 g/mol. The van der Waals surface area contributed by atoms with E-state index >= 15 is 0 Å². The number of hydrogen-bond acceptors (Lipinski definition) is 5. The standard InChI is InChI=1S/C24H23N5O/c1-28(2)21-12-10-19(11-13-21)24(30)29-23(26-16-18-7-4-3-5-8-18)15-22(27-29)20-9-6-14-25-17-20/h3-15,17,26H,16H2,1-2H3. The molecule has 0 aliphatic heterocycles. The summed E-state index contributed by atoms with van der Waals surface area (Å²) in [5.41, 5.74) is 4.28. The van der Waals surface area contributed by atoms with Gasteiger partial charge in [-0.2, -0.15) is 9.78 Å². The molecule has 0 radical (unpaired) electrons. The van der Waals surface area contributed by atoms with Gasteiger partial charge in [-0.1, -0.05) is 30.3 Å². The number of carbonyl (C=O) groups excluding carboxylic acids is 1. The van der Waals surface area contributed by atoms with Crippen LogP contribution in [0.25, 0.3) is 11.3 Å². The van der Waals surface area contributed by atoms with Crippen LogP contribution in [0, 0.1) is 0 Å². The van der Waals surface area contributed by atoms with E-state index in [1.807, 2.05) is 91.8 Å². The van der Waals surface area contributed by atoms with E-state index in [0.29, 0.717) is 23.6 Å². The average Bonchev–Trinajstić information content (AvgIpc) is 3.23. The van der Waals surface area contributed by atoms with E-state index in [4.69, 9.17) is 0 Å². The number of anilines is 2. The third-order valence-corrected chi connectivity index (χ3v) is 4.81. The number of benzene rings is 2. The Hall–Kier alpha value is -3.93. The molecule has 4 aromatic rings. The lowest BCUT2D eigenvalue weighted by atomic mass is 10.2. The van der Waals surface area contributed by atoms with Crippen molar-refractivity contribution >= 4 is 17.4 Å². The predicted octanol–water partition coefficient (Wildman–Crippen LogP) is 4.31. The van der Waals surface area contributed by atoms with Gasteiger partial charge in [0.15, 0.2) is 0 Å². The van der Waals surface area contributed by atoms with E-state index in [2.05, 4.69) is 15.4 Å². The SMILES string of the molecule is CN(C)c1ccc(C(=O)n2nc(-c3cccnc3)cc2NCc2ccccc2)cc1. The lowest BCUT2D eigenvalue weighted by molar-refractivity contribution is 0.0948. The van der Waals surface area contributed by atoms with Crippen LogP contribution in [0.1, 0.15) is 15.9 Å². The molecule has 6 heteroatoms. The van der Waals surface area contributed by atoms with Gasteiger partial charge >= 0.3 is 0 Å².